The van der Waals surface area contributed by atoms with Crippen molar-refractivity contribution < 1.29 is 9.59 Å². The normalized spacial score (nSPS) is 22.9. The number of amides is 1. The molecule has 2 aromatic carbocycles. The van der Waals surface area contributed by atoms with Crippen LogP contribution in [-0.4, -0.2) is 29.5 Å². The van der Waals surface area contributed by atoms with Crippen molar-refractivity contribution >= 4 is 29.0 Å². The van der Waals surface area contributed by atoms with Crippen LogP contribution >= 0.6 is 11.6 Å². The van der Waals surface area contributed by atoms with Crippen molar-refractivity contribution in [2.45, 2.75) is 117 Å². The third-order valence-electron chi connectivity index (χ3n) is 10.1. The molecule has 0 spiro atoms. The zero-order valence-corrected chi connectivity index (χ0v) is 27.6. The summed E-state index contributed by atoms with van der Waals surface area (Å²) in [7, 11) is 0. The van der Waals surface area contributed by atoms with E-state index in [-0.39, 0.29) is 34.5 Å². The van der Waals surface area contributed by atoms with Gasteiger partial charge in [-0.1, -0.05) is 72.2 Å². The number of rotatable bonds is 11. The van der Waals surface area contributed by atoms with Crippen LogP contribution < -0.4 is 5.32 Å². The van der Waals surface area contributed by atoms with Gasteiger partial charge in [-0.15, -0.1) is 0 Å². The summed E-state index contributed by atoms with van der Waals surface area (Å²) in [4.78, 5) is 31.6. The lowest BCUT2D eigenvalue weighted by molar-refractivity contribution is -0.112. The number of hydrogen-bond acceptors (Lipinski definition) is 3. The second kappa shape index (κ2) is 13.5. The summed E-state index contributed by atoms with van der Waals surface area (Å²) < 4.78 is 0. The van der Waals surface area contributed by atoms with Gasteiger partial charge in [0.1, 0.15) is 5.71 Å². The number of hydrogen-bond donors (Lipinski definition) is 1. The highest BCUT2D eigenvalue weighted by molar-refractivity contribution is 6.46. The standard InChI is InChI=1S/C37H51ClN2O2/c1-8-20-39-35(42)28-14-10-26(11-15-28)24(3)25(4)37(18-16-31(17-19-37)36(5,6)7)40-34(33(41)9-2)30-21-29(27-12-13-27)22-32(38)23-30/h10-11,14-15,21-25,27,31H,8-9,12-13,16-20H2,1-7H3,(H,39,42). The molecule has 2 saturated carbocycles. The van der Waals surface area contributed by atoms with Crippen LogP contribution in [-0.2, 0) is 4.79 Å². The number of ketones is 1. The van der Waals surface area contributed by atoms with Gasteiger partial charge in [0.15, 0.2) is 5.78 Å². The molecule has 0 aliphatic heterocycles. The number of Topliss-reactive ketones (excluding diaryl/α,β-unsaturated/α-hetero) is 1. The highest BCUT2D eigenvalue weighted by Gasteiger charge is 2.45. The lowest BCUT2D eigenvalue weighted by Gasteiger charge is -2.47. The first-order chi connectivity index (χ1) is 19.9. The minimum absolute atomic E-state index is 0.0273. The summed E-state index contributed by atoms with van der Waals surface area (Å²) >= 11 is 6.62. The molecule has 0 bridgehead atoms. The molecule has 2 fully saturated rings. The van der Waals surface area contributed by atoms with E-state index in [2.05, 4.69) is 71.1 Å². The summed E-state index contributed by atoms with van der Waals surface area (Å²) in [5, 5.41) is 3.65. The summed E-state index contributed by atoms with van der Waals surface area (Å²) in [6.45, 7) is 16.3. The first-order valence-electron chi connectivity index (χ1n) is 16.2. The molecule has 2 unspecified atom stereocenters. The Morgan fingerprint density at radius 3 is 2.17 bits per heavy atom. The molecule has 0 saturated heterocycles. The van der Waals surface area contributed by atoms with Crippen LogP contribution in [0.15, 0.2) is 47.5 Å². The smallest absolute Gasteiger partial charge is 0.251 e. The van der Waals surface area contributed by atoms with E-state index in [9.17, 15) is 9.59 Å². The fourth-order valence-electron chi connectivity index (χ4n) is 6.76. The lowest BCUT2D eigenvalue weighted by Crippen LogP contribution is -2.44. The van der Waals surface area contributed by atoms with E-state index in [0.717, 1.165) is 37.7 Å². The second-order valence-corrected chi connectivity index (χ2v) is 14.4. The topological polar surface area (TPSA) is 58.5 Å². The molecule has 2 atom stereocenters. The quantitative estimate of drug-likeness (QED) is 0.265. The van der Waals surface area contributed by atoms with Gasteiger partial charge in [-0.05, 0) is 115 Å². The number of nitrogens with zero attached hydrogens (tertiary/aromatic N) is 1. The lowest BCUT2D eigenvalue weighted by atomic mass is 9.62. The minimum Gasteiger partial charge on any atom is -0.352 e. The molecule has 42 heavy (non-hydrogen) atoms. The molecule has 4 nitrogen and oxygen atoms in total. The van der Waals surface area contributed by atoms with E-state index in [0.29, 0.717) is 41.1 Å². The minimum atomic E-state index is -0.361. The van der Waals surface area contributed by atoms with Gasteiger partial charge in [-0.2, -0.15) is 0 Å². The van der Waals surface area contributed by atoms with Crippen molar-refractivity contribution in [3.63, 3.8) is 0 Å². The van der Waals surface area contributed by atoms with Crippen molar-refractivity contribution in [1.29, 1.82) is 0 Å². The predicted molar refractivity (Wildman–Crippen MR) is 176 cm³/mol. The number of halogens is 1. The number of carbonyl (C=O) groups excluding carboxylic acids is 2. The van der Waals surface area contributed by atoms with Crippen LogP contribution in [0.2, 0.25) is 5.02 Å². The van der Waals surface area contributed by atoms with E-state index < -0.39 is 0 Å². The molecular weight excluding hydrogens is 540 g/mol. The molecule has 228 valence electrons. The summed E-state index contributed by atoms with van der Waals surface area (Å²) in [5.41, 5.74) is 4.46. The van der Waals surface area contributed by atoms with Gasteiger partial charge < -0.3 is 5.32 Å². The van der Waals surface area contributed by atoms with Crippen molar-refractivity contribution in [3.05, 3.63) is 69.7 Å². The first-order valence-corrected chi connectivity index (χ1v) is 16.6. The maximum Gasteiger partial charge on any atom is 0.251 e. The summed E-state index contributed by atoms with van der Waals surface area (Å²) in [6.07, 6.45) is 7.78. The van der Waals surface area contributed by atoms with E-state index in [1.54, 1.807) is 0 Å². The maximum atomic E-state index is 13.6. The Balaban J connectivity index is 1.73. The van der Waals surface area contributed by atoms with E-state index >= 15 is 0 Å². The Bertz CT molecular complexity index is 1280. The van der Waals surface area contributed by atoms with E-state index in [1.165, 1.54) is 24.0 Å². The SMILES string of the molecule is CCCNC(=O)c1ccc(C(C)C(C)C2(N=C(C(=O)CC)c3cc(Cl)cc(C4CC4)c3)CCC(C(C)(C)C)CC2)cc1. The number of carbonyl (C=O) groups is 2. The molecule has 2 aliphatic rings. The van der Waals surface area contributed by atoms with Crippen molar-refractivity contribution in [1.82, 2.24) is 5.32 Å². The van der Waals surface area contributed by atoms with Crippen molar-refractivity contribution in [2.75, 3.05) is 6.54 Å². The van der Waals surface area contributed by atoms with Crippen molar-refractivity contribution in [3.8, 4) is 0 Å². The average Bonchev–Trinajstić information content (AvgIpc) is 3.83. The summed E-state index contributed by atoms with van der Waals surface area (Å²) in [6, 6.07) is 14.2. The molecule has 0 heterocycles. The van der Waals surface area contributed by atoms with Gasteiger partial charge >= 0.3 is 0 Å². The third-order valence-corrected chi connectivity index (χ3v) is 10.3. The number of nitrogens with one attached hydrogen (secondary N) is 1. The number of aliphatic imine (C=N–C) groups is 1. The van der Waals surface area contributed by atoms with Crippen LogP contribution in [0, 0.1) is 17.3 Å². The van der Waals surface area contributed by atoms with Crippen LogP contribution in [0.4, 0.5) is 0 Å². The molecule has 2 aliphatic carbocycles. The van der Waals surface area contributed by atoms with Gasteiger partial charge in [0.2, 0.25) is 0 Å². The van der Waals surface area contributed by atoms with Crippen molar-refractivity contribution in [2.24, 2.45) is 22.2 Å². The van der Waals surface area contributed by atoms with Crippen LogP contribution in [0.3, 0.4) is 0 Å². The Labute approximate surface area is 259 Å². The predicted octanol–water partition coefficient (Wildman–Crippen LogP) is 9.54. The Morgan fingerprint density at radius 2 is 1.62 bits per heavy atom. The van der Waals surface area contributed by atoms with Gasteiger partial charge in [-0.25, -0.2) is 0 Å². The fourth-order valence-corrected chi connectivity index (χ4v) is 7.01. The monoisotopic (exact) mass is 590 g/mol. The van der Waals surface area contributed by atoms with Gasteiger partial charge in [-0.3, -0.25) is 14.6 Å². The molecule has 4 rings (SSSR count). The van der Waals surface area contributed by atoms with Crippen LogP contribution in [0.1, 0.15) is 139 Å². The van der Waals surface area contributed by atoms with Crippen LogP contribution in [0.5, 0.6) is 0 Å². The van der Waals surface area contributed by atoms with Gasteiger partial charge in [0.05, 0.1) is 5.54 Å². The second-order valence-electron chi connectivity index (χ2n) is 14.0. The van der Waals surface area contributed by atoms with Gasteiger partial charge in [0.25, 0.3) is 5.91 Å². The fraction of sp³-hybridized carbons (Fsp3) is 0.595. The van der Waals surface area contributed by atoms with E-state index in [1.807, 2.05) is 25.1 Å². The Kier molecular flexibility index (Phi) is 10.4. The Hall–Kier alpha value is -2.46. The average molecular weight is 591 g/mol. The first kappa shape index (κ1) is 32.5. The molecular formula is C37H51ClN2O2. The highest BCUT2D eigenvalue weighted by atomic mass is 35.5. The number of benzene rings is 2. The largest absolute Gasteiger partial charge is 0.352 e. The van der Waals surface area contributed by atoms with Gasteiger partial charge in [0, 0.05) is 29.1 Å². The zero-order chi connectivity index (χ0) is 30.7. The third kappa shape index (κ3) is 7.54. The van der Waals surface area contributed by atoms with E-state index in [4.69, 9.17) is 16.6 Å². The summed E-state index contributed by atoms with van der Waals surface area (Å²) in [5.74, 6) is 1.62. The van der Waals surface area contributed by atoms with Crippen LogP contribution in [0.25, 0.3) is 0 Å². The maximum absolute atomic E-state index is 13.6. The molecule has 1 N–H and O–H groups in total. The zero-order valence-electron chi connectivity index (χ0n) is 26.9. The molecule has 0 aromatic heterocycles. The molecule has 2 aromatic rings. The Morgan fingerprint density at radius 1 is 0.976 bits per heavy atom. The molecule has 0 radical (unpaired) electrons. The highest BCUT2D eigenvalue weighted by Crippen LogP contribution is 2.49. The molecule has 5 heteroatoms. The molecule has 1 amide bonds.